The first-order valence-corrected chi connectivity index (χ1v) is 5.46. The molecular weight excluding hydrogens is 247 g/mol. The maximum absolute atomic E-state index is 13.7. The average molecular weight is 257 g/mol. The molecule has 0 atom stereocenters. The van der Waals surface area contributed by atoms with Gasteiger partial charge in [0.2, 0.25) is 0 Å². The summed E-state index contributed by atoms with van der Waals surface area (Å²) >= 11 is 3.16. The van der Waals surface area contributed by atoms with Crippen LogP contribution in [0.25, 0.3) is 0 Å². The van der Waals surface area contributed by atoms with Crippen LogP contribution >= 0.6 is 15.9 Å². The van der Waals surface area contributed by atoms with Crippen molar-refractivity contribution in [2.75, 3.05) is 0 Å². The average Bonchev–Trinajstić information content (AvgIpc) is 2.08. The quantitative estimate of drug-likeness (QED) is 0.739. The standard InChI is InChI=1S/C11H10BrFO/c12-10-5-4-8(7-2-1-3-7)11(13)9(10)6-14/h4-7H,1-3H2. The number of carbonyl (C=O) groups excluding carboxylic acids is 1. The number of carbonyl (C=O) groups is 1. The molecule has 0 unspecified atom stereocenters. The summed E-state index contributed by atoms with van der Waals surface area (Å²) in [5.74, 6) is -0.0270. The lowest BCUT2D eigenvalue weighted by atomic mass is 9.79. The third kappa shape index (κ3) is 1.50. The van der Waals surface area contributed by atoms with Crippen molar-refractivity contribution >= 4 is 22.2 Å². The van der Waals surface area contributed by atoms with E-state index in [0.717, 1.165) is 19.3 Å². The molecule has 0 spiro atoms. The molecular formula is C11H10BrFO. The highest BCUT2D eigenvalue weighted by Crippen LogP contribution is 2.39. The molecule has 1 aromatic carbocycles. The summed E-state index contributed by atoms with van der Waals surface area (Å²) in [6, 6.07) is 3.52. The lowest BCUT2D eigenvalue weighted by Crippen LogP contribution is -2.11. The fraction of sp³-hybridized carbons (Fsp3) is 0.364. The number of hydrogen-bond donors (Lipinski definition) is 0. The third-order valence-electron chi connectivity index (χ3n) is 2.82. The fourth-order valence-electron chi connectivity index (χ4n) is 1.73. The van der Waals surface area contributed by atoms with E-state index >= 15 is 0 Å². The molecule has 0 N–H and O–H groups in total. The third-order valence-corrected chi connectivity index (χ3v) is 3.51. The van der Waals surface area contributed by atoms with Crippen LogP contribution in [0.3, 0.4) is 0 Å². The largest absolute Gasteiger partial charge is 0.298 e. The minimum Gasteiger partial charge on any atom is -0.298 e. The van der Waals surface area contributed by atoms with Crippen molar-refractivity contribution in [3.63, 3.8) is 0 Å². The molecule has 0 aliphatic heterocycles. The van der Waals surface area contributed by atoms with Crippen LogP contribution in [0.4, 0.5) is 4.39 Å². The molecule has 14 heavy (non-hydrogen) atoms. The summed E-state index contributed by atoms with van der Waals surface area (Å²) in [5.41, 5.74) is 0.843. The summed E-state index contributed by atoms with van der Waals surface area (Å²) in [6.07, 6.45) is 3.81. The van der Waals surface area contributed by atoms with Gasteiger partial charge < -0.3 is 0 Å². The highest BCUT2D eigenvalue weighted by molar-refractivity contribution is 9.10. The van der Waals surface area contributed by atoms with Crippen LogP contribution in [0, 0.1) is 5.82 Å². The van der Waals surface area contributed by atoms with Gasteiger partial charge in [-0.2, -0.15) is 0 Å². The lowest BCUT2D eigenvalue weighted by molar-refractivity contribution is 0.111. The number of hydrogen-bond acceptors (Lipinski definition) is 1. The SMILES string of the molecule is O=Cc1c(Br)ccc(C2CCC2)c1F. The van der Waals surface area contributed by atoms with Crippen LogP contribution < -0.4 is 0 Å². The minimum atomic E-state index is -0.348. The zero-order valence-electron chi connectivity index (χ0n) is 7.59. The Morgan fingerprint density at radius 3 is 2.64 bits per heavy atom. The molecule has 1 aliphatic rings. The fourth-order valence-corrected chi connectivity index (χ4v) is 2.13. The first-order chi connectivity index (χ1) is 6.74. The van der Waals surface area contributed by atoms with Gasteiger partial charge in [0, 0.05) is 4.47 Å². The molecule has 2 rings (SSSR count). The second kappa shape index (κ2) is 3.81. The van der Waals surface area contributed by atoms with E-state index in [4.69, 9.17) is 0 Å². The van der Waals surface area contributed by atoms with Crippen LogP contribution in [0.5, 0.6) is 0 Å². The van der Waals surface area contributed by atoms with Gasteiger partial charge in [0.05, 0.1) is 5.56 Å². The van der Waals surface area contributed by atoms with Crippen molar-refractivity contribution in [1.29, 1.82) is 0 Å². The van der Waals surface area contributed by atoms with Gasteiger partial charge in [-0.05, 0) is 46.3 Å². The van der Waals surface area contributed by atoms with Crippen molar-refractivity contribution in [2.45, 2.75) is 25.2 Å². The zero-order valence-corrected chi connectivity index (χ0v) is 9.18. The molecule has 74 valence electrons. The molecule has 0 aromatic heterocycles. The van der Waals surface area contributed by atoms with E-state index in [1.807, 2.05) is 0 Å². The number of rotatable bonds is 2. The molecule has 0 radical (unpaired) electrons. The predicted molar refractivity (Wildman–Crippen MR) is 56.1 cm³/mol. The summed E-state index contributed by atoms with van der Waals surface area (Å²) in [6.45, 7) is 0. The van der Waals surface area contributed by atoms with Crippen LogP contribution in [0.1, 0.15) is 41.1 Å². The Kier molecular flexibility index (Phi) is 2.68. The smallest absolute Gasteiger partial charge is 0.154 e. The van der Waals surface area contributed by atoms with Crippen molar-refractivity contribution < 1.29 is 9.18 Å². The first kappa shape index (κ1) is 9.84. The Bertz CT molecular complexity index is 372. The Balaban J connectivity index is 2.46. The van der Waals surface area contributed by atoms with Gasteiger partial charge in [0.1, 0.15) is 5.82 Å². The Morgan fingerprint density at radius 2 is 2.14 bits per heavy atom. The Labute approximate surface area is 90.4 Å². The van der Waals surface area contributed by atoms with Crippen LogP contribution in [-0.2, 0) is 0 Å². The molecule has 3 heteroatoms. The molecule has 1 aromatic rings. The second-order valence-electron chi connectivity index (χ2n) is 3.61. The van der Waals surface area contributed by atoms with E-state index in [1.165, 1.54) is 0 Å². The van der Waals surface area contributed by atoms with Crippen LogP contribution in [0.15, 0.2) is 16.6 Å². The van der Waals surface area contributed by atoms with Crippen molar-refractivity contribution in [2.24, 2.45) is 0 Å². The number of benzene rings is 1. The second-order valence-corrected chi connectivity index (χ2v) is 4.46. The highest BCUT2D eigenvalue weighted by atomic mass is 79.9. The lowest BCUT2D eigenvalue weighted by Gasteiger charge is -2.26. The molecule has 1 fully saturated rings. The first-order valence-electron chi connectivity index (χ1n) is 4.67. The van der Waals surface area contributed by atoms with E-state index < -0.39 is 0 Å². The van der Waals surface area contributed by atoms with Crippen molar-refractivity contribution in [1.82, 2.24) is 0 Å². The van der Waals surface area contributed by atoms with Gasteiger partial charge >= 0.3 is 0 Å². The summed E-state index contributed by atoms with van der Waals surface area (Å²) in [7, 11) is 0. The van der Waals surface area contributed by atoms with Crippen molar-refractivity contribution in [3.05, 3.63) is 33.5 Å². The van der Waals surface area contributed by atoms with Gasteiger partial charge in [0.25, 0.3) is 0 Å². The summed E-state index contributed by atoms with van der Waals surface area (Å²) < 4.78 is 14.3. The minimum absolute atomic E-state index is 0.148. The van der Waals surface area contributed by atoms with Gasteiger partial charge in [0.15, 0.2) is 6.29 Å². The predicted octanol–water partition coefficient (Wildman–Crippen LogP) is 3.67. The highest BCUT2D eigenvalue weighted by Gasteiger charge is 2.24. The van der Waals surface area contributed by atoms with Crippen molar-refractivity contribution in [3.8, 4) is 0 Å². The molecule has 1 saturated carbocycles. The zero-order chi connectivity index (χ0) is 10.1. The topological polar surface area (TPSA) is 17.1 Å². The molecule has 0 amide bonds. The molecule has 0 saturated heterocycles. The molecule has 0 bridgehead atoms. The molecule has 1 aliphatic carbocycles. The number of halogens is 2. The summed E-state index contributed by atoms with van der Waals surface area (Å²) in [5, 5.41) is 0. The van der Waals surface area contributed by atoms with Gasteiger partial charge in [-0.3, -0.25) is 4.79 Å². The van der Waals surface area contributed by atoms with E-state index in [2.05, 4.69) is 15.9 Å². The number of aldehydes is 1. The normalized spacial score (nSPS) is 16.4. The molecule has 1 nitrogen and oxygen atoms in total. The monoisotopic (exact) mass is 256 g/mol. The maximum Gasteiger partial charge on any atom is 0.154 e. The van der Waals surface area contributed by atoms with E-state index in [9.17, 15) is 9.18 Å². The van der Waals surface area contributed by atoms with E-state index in [0.29, 0.717) is 22.2 Å². The van der Waals surface area contributed by atoms with Gasteiger partial charge in [-0.25, -0.2) is 4.39 Å². The van der Waals surface area contributed by atoms with E-state index in [1.54, 1.807) is 12.1 Å². The van der Waals surface area contributed by atoms with E-state index in [-0.39, 0.29) is 11.4 Å². The summed E-state index contributed by atoms with van der Waals surface area (Å²) in [4.78, 5) is 10.7. The van der Waals surface area contributed by atoms with Gasteiger partial charge in [-0.1, -0.05) is 12.5 Å². The Hall–Kier alpha value is -0.700. The van der Waals surface area contributed by atoms with Crippen LogP contribution in [0.2, 0.25) is 0 Å². The maximum atomic E-state index is 13.7. The van der Waals surface area contributed by atoms with Gasteiger partial charge in [-0.15, -0.1) is 0 Å². The van der Waals surface area contributed by atoms with Crippen LogP contribution in [-0.4, -0.2) is 6.29 Å². The molecule has 0 heterocycles. The Morgan fingerprint density at radius 1 is 1.43 bits per heavy atom.